The van der Waals surface area contributed by atoms with Gasteiger partial charge in [0.15, 0.2) is 0 Å². The summed E-state index contributed by atoms with van der Waals surface area (Å²) in [6.07, 6.45) is 3.76. The minimum atomic E-state index is -0.401. The van der Waals surface area contributed by atoms with Gasteiger partial charge in [-0.1, -0.05) is 0 Å². The molecule has 4 fully saturated rings. The van der Waals surface area contributed by atoms with Gasteiger partial charge in [-0.05, 0) is 37.8 Å². The Hall–Kier alpha value is -2.41. The predicted molar refractivity (Wildman–Crippen MR) is 106 cm³/mol. The van der Waals surface area contributed by atoms with Gasteiger partial charge in [0.2, 0.25) is 5.43 Å². The fourth-order valence-electron chi connectivity index (χ4n) is 4.90. The number of hydrogen-bond acceptors (Lipinski definition) is 4. The average molecular weight is 384 g/mol. The van der Waals surface area contributed by atoms with Gasteiger partial charge >= 0.3 is 0 Å². The standard InChI is InChI=1S/C21H25FN4O2/c1-2-24-12-16(21(28)26-11-13-7-14(26)8-13)20(27)15-9-17(22)19(10-18(15)24)25-5-3-23-4-6-25/h9-10,12-14,23H,2-8,11H2,1H3. The lowest BCUT2D eigenvalue weighted by Crippen LogP contribution is -2.44. The number of halogens is 1. The van der Waals surface area contributed by atoms with Crippen molar-refractivity contribution in [3.05, 3.63) is 39.9 Å². The van der Waals surface area contributed by atoms with Gasteiger partial charge in [0.25, 0.3) is 5.91 Å². The van der Waals surface area contributed by atoms with Crippen molar-refractivity contribution >= 4 is 22.5 Å². The van der Waals surface area contributed by atoms with Crippen LogP contribution in [0.4, 0.5) is 10.1 Å². The minimum Gasteiger partial charge on any atom is -0.367 e. The number of pyridine rings is 1. The molecule has 2 aromatic rings. The zero-order valence-corrected chi connectivity index (χ0v) is 16.1. The van der Waals surface area contributed by atoms with Gasteiger partial charge in [-0.15, -0.1) is 0 Å². The van der Waals surface area contributed by atoms with Gasteiger partial charge in [0.05, 0.1) is 11.2 Å². The van der Waals surface area contributed by atoms with E-state index in [4.69, 9.17) is 0 Å². The van der Waals surface area contributed by atoms with Crippen LogP contribution in [0, 0.1) is 11.7 Å². The first-order chi connectivity index (χ1) is 13.6. The summed E-state index contributed by atoms with van der Waals surface area (Å²) in [5, 5.41) is 3.55. The largest absolute Gasteiger partial charge is 0.367 e. The van der Waals surface area contributed by atoms with E-state index in [1.54, 1.807) is 12.3 Å². The number of nitrogens with zero attached hydrogens (tertiary/aromatic N) is 3. The van der Waals surface area contributed by atoms with E-state index >= 15 is 0 Å². The van der Waals surface area contributed by atoms with Crippen molar-refractivity contribution in [2.75, 3.05) is 37.6 Å². The van der Waals surface area contributed by atoms with Gasteiger partial charge in [-0.25, -0.2) is 4.39 Å². The van der Waals surface area contributed by atoms with Crippen LogP contribution in [0.25, 0.3) is 10.9 Å². The summed E-state index contributed by atoms with van der Waals surface area (Å²) < 4.78 is 16.8. The van der Waals surface area contributed by atoms with Crippen LogP contribution >= 0.6 is 0 Å². The van der Waals surface area contributed by atoms with Crippen LogP contribution in [-0.4, -0.2) is 54.1 Å². The molecular weight excluding hydrogens is 359 g/mol. The number of anilines is 1. The molecule has 2 bridgehead atoms. The van der Waals surface area contributed by atoms with Crippen LogP contribution in [0.1, 0.15) is 30.1 Å². The van der Waals surface area contributed by atoms with Crippen molar-refractivity contribution in [1.29, 1.82) is 0 Å². The monoisotopic (exact) mass is 384 g/mol. The van der Waals surface area contributed by atoms with Gasteiger partial charge in [0.1, 0.15) is 11.4 Å². The first kappa shape index (κ1) is 17.7. The maximum absolute atomic E-state index is 14.9. The van der Waals surface area contributed by atoms with Crippen molar-refractivity contribution in [2.24, 2.45) is 5.92 Å². The first-order valence-electron chi connectivity index (χ1n) is 10.2. The SMILES string of the molecule is CCn1cc(C(=O)N2CC3CC2C3)c(=O)c2cc(F)c(N3CCNCC3)cc21. The molecule has 1 aromatic heterocycles. The number of aromatic nitrogens is 1. The lowest BCUT2D eigenvalue weighted by molar-refractivity contribution is 0.0749. The van der Waals surface area contributed by atoms with E-state index in [2.05, 4.69) is 5.32 Å². The Kier molecular flexibility index (Phi) is 4.16. The summed E-state index contributed by atoms with van der Waals surface area (Å²) in [7, 11) is 0. The highest BCUT2D eigenvalue weighted by Crippen LogP contribution is 2.41. The molecule has 1 amide bonds. The van der Waals surface area contributed by atoms with Crippen LogP contribution in [0.15, 0.2) is 23.1 Å². The Labute approximate surface area is 162 Å². The van der Waals surface area contributed by atoms with E-state index in [0.29, 0.717) is 23.7 Å². The number of carbonyl (C=O) groups excluding carboxylic acids is 1. The van der Waals surface area contributed by atoms with Crippen molar-refractivity contribution in [3.63, 3.8) is 0 Å². The first-order valence-corrected chi connectivity index (χ1v) is 10.2. The molecule has 0 unspecified atom stereocenters. The van der Waals surface area contributed by atoms with Crippen LogP contribution < -0.4 is 15.6 Å². The van der Waals surface area contributed by atoms with E-state index in [-0.39, 0.29) is 28.3 Å². The Balaban J connectivity index is 1.61. The molecule has 28 heavy (non-hydrogen) atoms. The number of aryl methyl sites for hydroxylation is 1. The summed E-state index contributed by atoms with van der Waals surface area (Å²) in [4.78, 5) is 30.0. The van der Waals surface area contributed by atoms with Gasteiger partial charge in [-0.3, -0.25) is 9.59 Å². The Morgan fingerprint density at radius 3 is 2.64 bits per heavy atom. The van der Waals surface area contributed by atoms with Crippen molar-refractivity contribution in [3.8, 4) is 0 Å². The zero-order chi connectivity index (χ0) is 19.4. The molecule has 1 saturated carbocycles. The maximum atomic E-state index is 14.9. The fourth-order valence-corrected chi connectivity index (χ4v) is 4.90. The lowest BCUT2D eigenvalue weighted by atomic mass is 9.86. The van der Waals surface area contributed by atoms with Crippen molar-refractivity contribution in [2.45, 2.75) is 32.4 Å². The summed E-state index contributed by atoms with van der Waals surface area (Å²) in [5.41, 5.74) is 1.01. The predicted octanol–water partition coefficient (Wildman–Crippen LogP) is 1.80. The quantitative estimate of drug-likeness (QED) is 0.877. The average Bonchev–Trinajstić information content (AvgIpc) is 3.30. The minimum absolute atomic E-state index is 0.163. The third-order valence-corrected chi connectivity index (χ3v) is 6.54. The molecule has 6 rings (SSSR count). The molecule has 4 aliphatic rings. The normalized spacial score (nSPS) is 23.9. The van der Waals surface area contributed by atoms with Crippen LogP contribution in [-0.2, 0) is 6.54 Å². The number of piperazine rings is 1. The highest BCUT2D eigenvalue weighted by Gasteiger charge is 2.45. The molecule has 0 spiro atoms. The smallest absolute Gasteiger partial charge is 0.259 e. The second-order valence-corrected chi connectivity index (χ2v) is 8.16. The summed E-state index contributed by atoms with van der Waals surface area (Å²) in [6, 6.07) is 3.36. The van der Waals surface area contributed by atoms with Crippen LogP contribution in [0.5, 0.6) is 0 Å². The molecule has 6 nitrogen and oxygen atoms in total. The van der Waals surface area contributed by atoms with E-state index < -0.39 is 5.82 Å². The number of carbonyl (C=O) groups is 1. The molecule has 1 N–H and O–H groups in total. The van der Waals surface area contributed by atoms with Crippen molar-refractivity contribution < 1.29 is 9.18 Å². The van der Waals surface area contributed by atoms with Gasteiger partial charge < -0.3 is 19.7 Å². The third-order valence-electron chi connectivity index (χ3n) is 6.54. The molecule has 148 valence electrons. The number of amides is 1. The molecule has 7 heteroatoms. The molecule has 3 aliphatic heterocycles. The molecule has 0 atom stereocenters. The second-order valence-electron chi connectivity index (χ2n) is 8.16. The highest BCUT2D eigenvalue weighted by atomic mass is 19.1. The van der Waals surface area contributed by atoms with Crippen molar-refractivity contribution in [1.82, 2.24) is 14.8 Å². The number of rotatable bonds is 3. The number of fused-ring (bicyclic) bond motifs is 2. The van der Waals surface area contributed by atoms with E-state index in [9.17, 15) is 14.0 Å². The van der Waals surface area contributed by atoms with E-state index in [1.165, 1.54) is 6.07 Å². The molecule has 3 saturated heterocycles. The second kappa shape index (κ2) is 6.58. The Bertz CT molecular complexity index is 1010. The lowest BCUT2D eigenvalue weighted by Gasteiger charge is -2.30. The highest BCUT2D eigenvalue weighted by molar-refractivity contribution is 5.98. The van der Waals surface area contributed by atoms with E-state index in [1.807, 2.05) is 21.3 Å². The molecular formula is C21H25FN4O2. The fraction of sp³-hybridized carbons (Fsp3) is 0.524. The Morgan fingerprint density at radius 1 is 1.25 bits per heavy atom. The number of nitrogens with one attached hydrogen (secondary N) is 1. The molecule has 1 aliphatic carbocycles. The maximum Gasteiger partial charge on any atom is 0.259 e. The number of benzene rings is 1. The summed E-state index contributed by atoms with van der Waals surface area (Å²) in [6.45, 7) is 6.39. The number of hydrogen-bond donors (Lipinski definition) is 1. The summed E-state index contributed by atoms with van der Waals surface area (Å²) in [5.74, 6) is -0.0188. The van der Waals surface area contributed by atoms with Crippen LogP contribution in [0.3, 0.4) is 0 Å². The summed E-state index contributed by atoms with van der Waals surface area (Å²) >= 11 is 0. The Morgan fingerprint density at radius 2 is 2.00 bits per heavy atom. The van der Waals surface area contributed by atoms with Gasteiger partial charge in [-0.2, -0.15) is 0 Å². The molecule has 1 aromatic carbocycles. The zero-order valence-electron chi connectivity index (χ0n) is 16.1. The van der Waals surface area contributed by atoms with E-state index in [0.717, 1.165) is 45.6 Å². The molecule has 0 radical (unpaired) electrons. The van der Waals surface area contributed by atoms with Gasteiger partial charge in [0, 0.05) is 56.9 Å². The molecule has 4 heterocycles. The van der Waals surface area contributed by atoms with Crippen LogP contribution in [0.2, 0.25) is 0 Å². The topological polar surface area (TPSA) is 57.6 Å². The third kappa shape index (κ3) is 2.64.